The summed E-state index contributed by atoms with van der Waals surface area (Å²) in [5.41, 5.74) is -0.344. The molecule has 0 saturated carbocycles. The molecule has 0 aliphatic carbocycles. The average Bonchev–Trinajstić information content (AvgIpc) is 2.96. The first kappa shape index (κ1) is 16.3. The molecule has 7 heteroatoms. The quantitative estimate of drug-likeness (QED) is 0.800. The first-order valence-corrected chi connectivity index (χ1v) is 8.33. The van der Waals surface area contributed by atoms with Crippen molar-refractivity contribution in [2.24, 2.45) is 0 Å². The molecule has 0 aliphatic rings. The highest BCUT2D eigenvalue weighted by Crippen LogP contribution is 2.30. The van der Waals surface area contributed by atoms with Crippen molar-refractivity contribution in [1.82, 2.24) is 10.2 Å². The van der Waals surface area contributed by atoms with Gasteiger partial charge in [-0.05, 0) is 31.0 Å². The van der Waals surface area contributed by atoms with Gasteiger partial charge in [-0.25, -0.2) is 4.39 Å². The maximum atomic E-state index is 13.8. The van der Waals surface area contributed by atoms with Crippen molar-refractivity contribution in [2.45, 2.75) is 32.3 Å². The van der Waals surface area contributed by atoms with Gasteiger partial charge in [0, 0.05) is 16.6 Å². The lowest BCUT2D eigenvalue weighted by atomic mass is 9.98. The summed E-state index contributed by atoms with van der Waals surface area (Å²) in [5.74, 6) is -0.334. The van der Waals surface area contributed by atoms with Gasteiger partial charge in [0.15, 0.2) is 5.01 Å². The minimum atomic E-state index is -0.757. The predicted molar refractivity (Wildman–Crippen MR) is 87.0 cm³/mol. The van der Waals surface area contributed by atoms with Gasteiger partial charge in [0.2, 0.25) is 5.13 Å². The summed E-state index contributed by atoms with van der Waals surface area (Å²) in [6.07, 6.45) is 1.31. The molecule has 1 heterocycles. The topological polar surface area (TPSA) is 58.0 Å². The van der Waals surface area contributed by atoms with Gasteiger partial charge in [0.1, 0.15) is 5.82 Å². The van der Waals surface area contributed by atoms with Crippen molar-refractivity contribution in [3.8, 4) is 10.6 Å². The van der Waals surface area contributed by atoms with Crippen LogP contribution in [0.15, 0.2) is 22.7 Å². The Kier molecular flexibility index (Phi) is 5.29. The number of hydrogen-bond acceptors (Lipinski definition) is 5. The molecule has 0 amide bonds. The summed E-state index contributed by atoms with van der Waals surface area (Å²) < 4.78 is 14.6. The zero-order valence-electron chi connectivity index (χ0n) is 11.9. The van der Waals surface area contributed by atoms with E-state index in [0.29, 0.717) is 35.1 Å². The zero-order valence-corrected chi connectivity index (χ0v) is 14.3. The van der Waals surface area contributed by atoms with Crippen LogP contribution in [0, 0.1) is 5.82 Å². The molecule has 4 nitrogen and oxygen atoms in total. The van der Waals surface area contributed by atoms with E-state index in [4.69, 9.17) is 0 Å². The summed E-state index contributed by atoms with van der Waals surface area (Å²) in [5, 5.41) is 22.4. The van der Waals surface area contributed by atoms with Crippen LogP contribution >= 0.6 is 27.3 Å². The van der Waals surface area contributed by atoms with Crippen LogP contribution < -0.4 is 5.32 Å². The lowest BCUT2D eigenvalue weighted by Gasteiger charge is -2.24. The van der Waals surface area contributed by atoms with Gasteiger partial charge in [-0.3, -0.25) is 0 Å². The lowest BCUT2D eigenvalue weighted by molar-refractivity contribution is 0.0457. The van der Waals surface area contributed by atoms with Crippen molar-refractivity contribution < 1.29 is 9.50 Å². The molecule has 0 saturated heterocycles. The second-order valence-electron chi connectivity index (χ2n) is 4.82. The summed E-state index contributed by atoms with van der Waals surface area (Å²) in [6.45, 7) is 4.27. The van der Waals surface area contributed by atoms with E-state index in [1.807, 2.05) is 13.8 Å². The fourth-order valence-electron chi connectivity index (χ4n) is 1.81. The third-order valence-corrected chi connectivity index (χ3v) is 4.88. The van der Waals surface area contributed by atoms with Crippen LogP contribution in [0.3, 0.4) is 0 Å². The Labute approximate surface area is 135 Å². The van der Waals surface area contributed by atoms with Crippen LogP contribution in [-0.2, 0) is 0 Å². The Morgan fingerprint density at radius 2 is 2.05 bits per heavy atom. The SMILES string of the molecule is CCC(O)(CC)CNc1nnc(-c2cc(Br)ccc2F)s1. The highest BCUT2D eigenvalue weighted by Gasteiger charge is 2.22. The number of hydrogen-bond donors (Lipinski definition) is 2. The van der Waals surface area contributed by atoms with Crippen LogP contribution in [0.25, 0.3) is 10.6 Å². The predicted octanol–water partition coefficient (Wildman–Crippen LogP) is 4.07. The fraction of sp³-hybridized carbons (Fsp3) is 0.429. The van der Waals surface area contributed by atoms with E-state index < -0.39 is 5.60 Å². The second-order valence-corrected chi connectivity index (χ2v) is 6.71. The van der Waals surface area contributed by atoms with E-state index in [1.54, 1.807) is 12.1 Å². The molecule has 1 aromatic heterocycles. The third-order valence-electron chi connectivity index (χ3n) is 3.47. The summed E-state index contributed by atoms with van der Waals surface area (Å²) in [6, 6.07) is 4.70. The van der Waals surface area contributed by atoms with Gasteiger partial charge in [0.25, 0.3) is 0 Å². The number of anilines is 1. The van der Waals surface area contributed by atoms with Crippen LogP contribution in [0.4, 0.5) is 9.52 Å². The van der Waals surface area contributed by atoms with Gasteiger partial charge in [0.05, 0.1) is 5.60 Å². The molecule has 0 aliphatic heterocycles. The lowest BCUT2D eigenvalue weighted by Crippen LogP contribution is -2.35. The minimum Gasteiger partial charge on any atom is -0.388 e. The molecule has 0 spiro atoms. The molecule has 21 heavy (non-hydrogen) atoms. The van der Waals surface area contributed by atoms with Crippen molar-refractivity contribution >= 4 is 32.4 Å². The van der Waals surface area contributed by atoms with Gasteiger partial charge < -0.3 is 10.4 Å². The fourth-order valence-corrected chi connectivity index (χ4v) is 2.92. The maximum Gasteiger partial charge on any atom is 0.206 e. The minimum absolute atomic E-state index is 0.334. The van der Waals surface area contributed by atoms with Gasteiger partial charge in [-0.1, -0.05) is 41.1 Å². The molecule has 2 aromatic rings. The molecule has 0 bridgehead atoms. The summed E-state index contributed by atoms with van der Waals surface area (Å²) >= 11 is 4.58. The number of nitrogens with zero attached hydrogens (tertiary/aromatic N) is 2. The Balaban J connectivity index is 2.13. The Morgan fingerprint density at radius 3 is 2.71 bits per heavy atom. The van der Waals surface area contributed by atoms with Gasteiger partial charge in [-0.15, -0.1) is 10.2 Å². The number of benzene rings is 1. The number of aromatic nitrogens is 2. The number of rotatable bonds is 6. The summed E-state index contributed by atoms with van der Waals surface area (Å²) in [4.78, 5) is 0. The molecule has 0 fully saturated rings. The van der Waals surface area contributed by atoms with Crippen LogP contribution in [-0.4, -0.2) is 27.4 Å². The molecule has 2 N–H and O–H groups in total. The number of aliphatic hydroxyl groups is 1. The first-order chi connectivity index (χ1) is 9.97. The van der Waals surface area contributed by atoms with Crippen LogP contribution in [0.2, 0.25) is 0 Å². The van der Waals surface area contributed by atoms with Gasteiger partial charge in [-0.2, -0.15) is 0 Å². The monoisotopic (exact) mass is 373 g/mol. The molecular formula is C14H17BrFN3OS. The largest absolute Gasteiger partial charge is 0.388 e. The third kappa shape index (κ3) is 3.99. The van der Waals surface area contributed by atoms with E-state index in [9.17, 15) is 9.50 Å². The second kappa shape index (κ2) is 6.81. The maximum absolute atomic E-state index is 13.8. The molecule has 0 atom stereocenters. The van der Waals surface area contributed by atoms with Gasteiger partial charge >= 0.3 is 0 Å². The van der Waals surface area contributed by atoms with E-state index in [-0.39, 0.29) is 5.82 Å². The van der Waals surface area contributed by atoms with E-state index in [1.165, 1.54) is 17.4 Å². The van der Waals surface area contributed by atoms with Crippen LogP contribution in [0.1, 0.15) is 26.7 Å². The van der Waals surface area contributed by atoms with E-state index in [0.717, 1.165) is 4.47 Å². The highest BCUT2D eigenvalue weighted by atomic mass is 79.9. The van der Waals surface area contributed by atoms with E-state index >= 15 is 0 Å². The molecule has 0 unspecified atom stereocenters. The van der Waals surface area contributed by atoms with Crippen LogP contribution in [0.5, 0.6) is 0 Å². The van der Waals surface area contributed by atoms with Crippen molar-refractivity contribution in [1.29, 1.82) is 0 Å². The molecule has 2 rings (SSSR count). The summed E-state index contributed by atoms with van der Waals surface area (Å²) in [7, 11) is 0. The molecule has 1 aromatic carbocycles. The highest BCUT2D eigenvalue weighted by molar-refractivity contribution is 9.10. The Bertz CT molecular complexity index is 616. The molecule has 0 radical (unpaired) electrons. The molecular weight excluding hydrogens is 357 g/mol. The van der Waals surface area contributed by atoms with Crippen molar-refractivity contribution in [3.63, 3.8) is 0 Å². The Hall–Kier alpha value is -1.05. The van der Waals surface area contributed by atoms with Crippen molar-refractivity contribution in [2.75, 3.05) is 11.9 Å². The zero-order chi connectivity index (χ0) is 15.5. The first-order valence-electron chi connectivity index (χ1n) is 6.72. The molecule has 114 valence electrons. The number of nitrogens with one attached hydrogen (secondary N) is 1. The Morgan fingerprint density at radius 1 is 1.33 bits per heavy atom. The average molecular weight is 374 g/mol. The smallest absolute Gasteiger partial charge is 0.206 e. The van der Waals surface area contributed by atoms with Crippen molar-refractivity contribution in [3.05, 3.63) is 28.5 Å². The standard InChI is InChI=1S/C14H17BrFN3OS/c1-3-14(20,4-2)8-17-13-19-18-12(21-13)10-7-9(15)5-6-11(10)16/h5-7,20H,3-4,8H2,1-2H3,(H,17,19). The van der Waals surface area contributed by atoms with E-state index in [2.05, 4.69) is 31.4 Å². The normalized spacial score (nSPS) is 11.7. The number of halogens is 2.